The van der Waals surface area contributed by atoms with Gasteiger partial charge >= 0.3 is 6.03 Å². The van der Waals surface area contributed by atoms with E-state index in [1.165, 1.54) is 6.33 Å². The summed E-state index contributed by atoms with van der Waals surface area (Å²) < 4.78 is 1.85. The van der Waals surface area contributed by atoms with Gasteiger partial charge in [-0.25, -0.2) is 14.5 Å². The lowest BCUT2D eigenvalue weighted by Crippen LogP contribution is -2.48. The molecule has 3 rings (SSSR count). The van der Waals surface area contributed by atoms with Crippen LogP contribution in [0.5, 0.6) is 0 Å². The van der Waals surface area contributed by atoms with Crippen molar-refractivity contribution in [1.29, 1.82) is 0 Å². The predicted octanol–water partition coefficient (Wildman–Crippen LogP) is 1.35. The molecule has 0 radical (unpaired) electrons. The summed E-state index contributed by atoms with van der Waals surface area (Å²) in [6.45, 7) is 3.41. The average molecular weight is 307 g/mol. The van der Waals surface area contributed by atoms with Crippen molar-refractivity contribution >= 4 is 6.03 Å². The molecule has 0 saturated heterocycles. The summed E-state index contributed by atoms with van der Waals surface area (Å²) in [5, 5.41) is 20.2. The second kappa shape index (κ2) is 6.24. The van der Waals surface area contributed by atoms with Crippen LogP contribution in [0, 0.1) is 5.41 Å². The third kappa shape index (κ3) is 3.09. The van der Waals surface area contributed by atoms with E-state index in [1.807, 2.05) is 11.6 Å². The molecule has 2 heterocycles. The Kier molecular flexibility index (Phi) is 4.33. The van der Waals surface area contributed by atoms with E-state index >= 15 is 0 Å². The highest BCUT2D eigenvalue weighted by Crippen LogP contribution is 2.35. The smallest absolute Gasteiger partial charge is 0.315 e. The zero-order valence-electron chi connectivity index (χ0n) is 13.1. The molecule has 1 aliphatic carbocycles. The van der Waals surface area contributed by atoms with Crippen LogP contribution in [0.2, 0.25) is 0 Å². The van der Waals surface area contributed by atoms with Crippen LogP contribution in [0.3, 0.4) is 0 Å². The molecule has 1 saturated carbocycles. The number of carbonyl (C=O) groups excluding carboxylic acids is 1. The molecular formula is C15H25N5O2. The molecule has 122 valence electrons. The van der Waals surface area contributed by atoms with Crippen LogP contribution in [0.4, 0.5) is 4.79 Å². The molecule has 3 unspecified atom stereocenters. The van der Waals surface area contributed by atoms with E-state index in [4.69, 9.17) is 0 Å². The summed E-state index contributed by atoms with van der Waals surface area (Å²) in [6, 6.07) is -0.277. The number of carbonyl (C=O) groups is 1. The second-order valence-electron chi connectivity index (χ2n) is 6.78. The molecule has 1 aromatic rings. The largest absolute Gasteiger partial charge is 0.392 e. The highest BCUT2D eigenvalue weighted by Gasteiger charge is 2.35. The van der Waals surface area contributed by atoms with E-state index in [0.29, 0.717) is 6.54 Å². The Bertz CT molecular complexity index is 532. The van der Waals surface area contributed by atoms with Gasteiger partial charge in [0.05, 0.1) is 12.1 Å². The molecule has 2 amide bonds. The molecule has 2 aliphatic rings. The first kappa shape index (κ1) is 15.3. The lowest BCUT2D eigenvalue weighted by molar-refractivity contribution is 0.00303. The first-order valence-electron chi connectivity index (χ1n) is 8.19. The predicted molar refractivity (Wildman–Crippen MR) is 81.1 cm³/mol. The highest BCUT2D eigenvalue weighted by molar-refractivity contribution is 5.74. The van der Waals surface area contributed by atoms with Gasteiger partial charge in [0.25, 0.3) is 0 Å². The summed E-state index contributed by atoms with van der Waals surface area (Å²) in [7, 11) is 0. The second-order valence-corrected chi connectivity index (χ2v) is 6.78. The fourth-order valence-corrected chi connectivity index (χ4v) is 3.51. The number of aliphatic hydroxyl groups excluding tert-OH is 1. The van der Waals surface area contributed by atoms with Crippen LogP contribution in [0.1, 0.15) is 57.3 Å². The molecule has 0 bridgehead atoms. The number of urea groups is 1. The molecule has 7 heteroatoms. The van der Waals surface area contributed by atoms with Gasteiger partial charge in [0.1, 0.15) is 12.2 Å². The summed E-state index contributed by atoms with van der Waals surface area (Å²) in [4.78, 5) is 16.4. The number of hydrogen-bond acceptors (Lipinski definition) is 4. The number of hydrogen-bond donors (Lipinski definition) is 3. The minimum atomic E-state index is -0.334. The molecule has 1 aliphatic heterocycles. The minimum Gasteiger partial charge on any atom is -0.392 e. The number of aliphatic hydroxyl groups is 1. The Labute approximate surface area is 130 Å². The number of aromatic nitrogens is 3. The van der Waals surface area contributed by atoms with Crippen molar-refractivity contribution in [2.45, 2.75) is 64.1 Å². The molecule has 3 N–H and O–H groups in total. The van der Waals surface area contributed by atoms with E-state index in [2.05, 4.69) is 20.7 Å². The number of aryl methyl sites for hydroxylation is 1. The van der Waals surface area contributed by atoms with E-state index in [0.717, 1.165) is 50.9 Å². The zero-order valence-corrected chi connectivity index (χ0v) is 13.1. The Balaban J connectivity index is 1.53. The van der Waals surface area contributed by atoms with Gasteiger partial charge in [0, 0.05) is 18.5 Å². The minimum absolute atomic E-state index is 0.0830. The van der Waals surface area contributed by atoms with Crippen LogP contribution in [-0.4, -0.2) is 38.6 Å². The number of rotatable bonds is 3. The standard InChI is InChI=1S/C15H25N5O2/c1-15(7-3-2-6-12(15)21)9-16-14(22)19-11-5-4-8-20-13(11)17-10-18-20/h10-12,21H,2-9H2,1H3,(H2,16,19,22). The van der Waals surface area contributed by atoms with Gasteiger partial charge in [-0.2, -0.15) is 5.10 Å². The quantitative estimate of drug-likeness (QED) is 0.786. The van der Waals surface area contributed by atoms with E-state index in [9.17, 15) is 9.90 Å². The van der Waals surface area contributed by atoms with Crippen LogP contribution >= 0.6 is 0 Å². The Morgan fingerprint density at radius 1 is 1.45 bits per heavy atom. The summed E-state index contributed by atoms with van der Waals surface area (Å²) in [6.07, 6.45) is 7.02. The Hall–Kier alpha value is -1.63. The van der Waals surface area contributed by atoms with Crippen molar-refractivity contribution in [1.82, 2.24) is 25.4 Å². The Morgan fingerprint density at radius 3 is 3.14 bits per heavy atom. The third-order valence-electron chi connectivity index (χ3n) is 5.06. The monoisotopic (exact) mass is 307 g/mol. The highest BCUT2D eigenvalue weighted by atomic mass is 16.3. The first-order valence-corrected chi connectivity index (χ1v) is 8.19. The van der Waals surface area contributed by atoms with Gasteiger partial charge in [0.2, 0.25) is 0 Å². The van der Waals surface area contributed by atoms with E-state index in [1.54, 1.807) is 0 Å². The maximum atomic E-state index is 12.2. The van der Waals surface area contributed by atoms with Crippen molar-refractivity contribution in [3.05, 3.63) is 12.2 Å². The van der Waals surface area contributed by atoms with Crippen LogP contribution in [0.25, 0.3) is 0 Å². The summed E-state index contributed by atoms with van der Waals surface area (Å²) in [5.74, 6) is 0.824. The summed E-state index contributed by atoms with van der Waals surface area (Å²) >= 11 is 0. The lowest BCUT2D eigenvalue weighted by Gasteiger charge is -2.38. The SMILES string of the molecule is CC1(CNC(=O)NC2CCCn3ncnc32)CCCCC1O. The van der Waals surface area contributed by atoms with Crippen molar-refractivity contribution in [2.24, 2.45) is 5.41 Å². The van der Waals surface area contributed by atoms with E-state index in [-0.39, 0.29) is 23.6 Å². The molecule has 22 heavy (non-hydrogen) atoms. The molecule has 3 atom stereocenters. The van der Waals surface area contributed by atoms with Gasteiger partial charge in [-0.3, -0.25) is 0 Å². The molecule has 0 aromatic carbocycles. The molecule has 0 spiro atoms. The fourth-order valence-electron chi connectivity index (χ4n) is 3.51. The summed E-state index contributed by atoms with van der Waals surface area (Å²) in [5.41, 5.74) is -0.220. The third-order valence-corrected chi connectivity index (χ3v) is 5.06. The van der Waals surface area contributed by atoms with Crippen molar-refractivity contribution in [3.63, 3.8) is 0 Å². The van der Waals surface area contributed by atoms with Crippen molar-refractivity contribution in [3.8, 4) is 0 Å². The van der Waals surface area contributed by atoms with Crippen LogP contribution in [0.15, 0.2) is 6.33 Å². The topological polar surface area (TPSA) is 92.1 Å². The average Bonchev–Trinajstić information content (AvgIpc) is 2.98. The number of nitrogens with zero attached hydrogens (tertiary/aromatic N) is 3. The Morgan fingerprint density at radius 2 is 2.32 bits per heavy atom. The molecule has 1 fully saturated rings. The first-order chi connectivity index (χ1) is 10.6. The molecular weight excluding hydrogens is 282 g/mol. The van der Waals surface area contributed by atoms with Crippen LogP contribution in [-0.2, 0) is 6.54 Å². The maximum absolute atomic E-state index is 12.2. The normalized spacial score (nSPS) is 31.4. The number of fused-ring (bicyclic) bond motifs is 1. The molecule has 7 nitrogen and oxygen atoms in total. The van der Waals surface area contributed by atoms with Crippen molar-refractivity contribution in [2.75, 3.05) is 6.54 Å². The van der Waals surface area contributed by atoms with Gasteiger partial charge in [-0.15, -0.1) is 0 Å². The van der Waals surface area contributed by atoms with Crippen LogP contribution < -0.4 is 10.6 Å². The molecule has 1 aromatic heterocycles. The maximum Gasteiger partial charge on any atom is 0.315 e. The van der Waals surface area contributed by atoms with E-state index < -0.39 is 0 Å². The van der Waals surface area contributed by atoms with Gasteiger partial charge in [-0.1, -0.05) is 19.8 Å². The lowest BCUT2D eigenvalue weighted by atomic mass is 9.73. The zero-order chi connectivity index (χ0) is 15.6. The number of nitrogens with one attached hydrogen (secondary N) is 2. The number of amides is 2. The van der Waals surface area contributed by atoms with Gasteiger partial charge in [-0.05, 0) is 25.7 Å². The van der Waals surface area contributed by atoms with Crippen molar-refractivity contribution < 1.29 is 9.90 Å². The van der Waals surface area contributed by atoms with Gasteiger partial charge < -0.3 is 15.7 Å². The van der Waals surface area contributed by atoms with Gasteiger partial charge in [0.15, 0.2) is 0 Å². The fraction of sp³-hybridized carbons (Fsp3) is 0.800.